The molecule has 102 valence electrons. The second-order valence-corrected chi connectivity index (χ2v) is 4.29. The second-order valence-electron chi connectivity index (χ2n) is 4.29. The molecule has 19 heavy (non-hydrogen) atoms. The van der Waals surface area contributed by atoms with Crippen molar-refractivity contribution in [2.75, 3.05) is 33.0 Å². The van der Waals surface area contributed by atoms with E-state index >= 15 is 0 Å². The maximum Gasteiger partial charge on any atom is 0.174 e. The minimum Gasteiger partial charge on any atom is -0.479 e. The lowest BCUT2D eigenvalue weighted by molar-refractivity contribution is -0.0864. The van der Waals surface area contributed by atoms with Crippen LogP contribution in [0.4, 0.5) is 0 Å². The van der Waals surface area contributed by atoms with Gasteiger partial charge in [-0.25, -0.2) is 0 Å². The SMILES string of the molecule is N#CCOc1ccc(CNCC2COCCO2)cc1. The van der Waals surface area contributed by atoms with Crippen LogP contribution in [0.2, 0.25) is 0 Å². The van der Waals surface area contributed by atoms with Crippen LogP contribution in [0.15, 0.2) is 24.3 Å². The fourth-order valence-corrected chi connectivity index (χ4v) is 1.85. The molecule has 0 spiro atoms. The van der Waals surface area contributed by atoms with Crippen molar-refractivity contribution in [3.63, 3.8) is 0 Å². The lowest BCUT2D eigenvalue weighted by atomic mass is 10.2. The first kappa shape index (κ1) is 13.8. The minimum absolute atomic E-state index is 0.0800. The molecule has 0 radical (unpaired) electrons. The average Bonchev–Trinajstić information content (AvgIpc) is 2.47. The summed E-state index contributed by atoms with van der Waals surface area (Å²) < 4.78 is 16.1. The molecule has 0 saturated carbocycles. The highest BCUT2D eigenvalue weighted by Crippen LogP contribution is 2.11. The predicted octanol–water partition coefficient (Wildman–Crippen LogP) is 1.09. The summed E-state index contributed by atoms with van der Waals surface area (Å²) in [6, 6.07) is 9.65. The summed E-state index contributed by atoms with van der Waals surface area (Å²) >= 11 is 0. The Hall–Kier alpha value is -1.61. The van der Waals surface area contributed by atoms with Gasteiger partial charge in [-0.15, -0.1) is 0 Å². The van der Waals surface area contributed by atoms with Crippen molar-refractivity contribution in [3.8, 4) is 11.8 Å². The zero-order valence-electron chi connectivity index (χ0n) is 10.8. The van der Waals surface area contributed by atoms with E-state index in [1.165, 1.54) is 5.56 Å². The number of ether oxygens (including phenoxy) is 3. The van der Waals surface area contributed by atoms with Crippen LogP contribution in [0.3, 0.4) is 0 Å². The van der Waals surface area contributed by atoms with Crippen LogP contribution in [-0.2, 0) is 16.0 Å². The standard InChI is InChI=1S/C14H18N2O3/c15-5-6-18-13-3-1-12(2-4-13)9-16-10-14-11-17-7-8-19-14/h1-4,14,16H,6-11H2. The molecule has 1 heterocycles. The smallest absolute Gasteiger partial charge is 0.174 e. The first-order valence-electron chi connectivity index (χ1n) is 6.37. The quantitative estimate of drug-likeness (QED) is 0.831. The first-order valence-corrected chi connectivity index (χ1v) is 6.37. The van der Waals surface area contributed by atoms with E-state index in [4.69, 9.17) is 19.5 Å². The third-order valence-corrected chi connectivity index (χ3v) is 2.81. The molecule has 5 nitrogen and oxygen atoms in total. The lowest BCUT2D eigenvalue weighted by Crippen LogP contribution is -2.37. The van der Waals surface area contributed by atoms with E-state index in [1.54, 1.807) is 0 Å². The van der Waals surface area contributed by atoms with Gasteiger partial charge in [-0.3, -0.25) is 0 Å². The maximum absolute atomic E-state index is 8.42. The summed E-state index contributed by atoms with van der Waals surface area (Å²) in [5.41, 5.74) is 1.17. The van der Waals surface area contributed by atoms with Gasteiger partial charge in [0.25, 0.3) is 0 Å². The molecule has 1 N–H and O–H groups in total. The molecule has 1 fully saturated rings. The maximum atomic E-state index is 8.42. The van der Waals surface area contributed by atoms with Crippen LogP contribution in [-0.4, -0.2) is 39.1 Å². The summed E-state index contributed by atoms with van der Waals surface area (Å²) in [5.74, 6) is 0.717. The van der Waals surface area contributed by atoms with Gasteiger partial charge in [0.1, 0.15) is 11.8 Å². The number of benzene rings is 1. The average molecular weight is 262 g/mol. The van der Waals surface area contributed by atoms with E-state index in [2.05, 4.69) is 5.32 Å². The number of hydrogen-bond acceptors (Lipinski definition) is 5. The van der Waals surface area contributed by atoms with E-state index in [0.29, 0.717) is 25.6 Å². The van der Waals surface area contributed by atoms with Crippen LogP contribution in [0, 0.1) is 11.3 Å². The molecular formula is C14H18N2O3. The van der Waals surface area contributed by atoms with Crippen molar-refractivity contribution in [2.45, 2.75) is 12.6 Å². The normalized spacial score (nSPS) is 18.8. The molecular weight excluding hydrogens is 244 g/mol. The third kappa shape index (κ3) is 4.87. The zero-order valence-corrected chi connectivity index (χ0v) is 10.8. The summed E-state index contributed by atoms with van der Waals surface area (Å²) in [4.78, 5) is 0. The Labute approximate surface area is 113 Å². The molecule has 1 aliphatic rings. The van der Waals surface area contributed by atoms with Gasteiger partial charge in [0, 0.05) is 13.1 Å². The molecule has 0 aliphatic carbocycles. The van der Waals surface area contributed by atoms with Gasteiger partial charge >= 0.3 is 0 Å². The number of hydrogen-bond donors (Lipinski definition) is 1. The Balaban J connectivity index is 1.69. The van der Waals surface area contributed by atoms with Crippen LogP contribution in [0.5, 0.6) is 5.75 Å². The Bertz CT molecular complexity index is 408. The van der Waals surface area contributed by atoms with E-state index < -0.39 is 0 Å². The molecule has 5 heteroatoms. The molecule has 1 aromatic carbocycles. The highest BCUT2D eigenvalue weighted by Gasteiger charge is 2.13. The van der Waals surface area contributed by atoms with Gasteiger partial charge in [0.05, 0.1) is 25.9 Å². The molecule has 1 atom stereocenters. The van der Waals surface area contributed by atoms with Crippen LogP contribution >= 0.6 is 0 Å². The molecule has 1 unspecified atom stereocenters. The largest absolute Gasteiger partial charge is 0.479 e. The van der Waals surface area contributed by atoms with Crippen molar-refractivity contribution >= 4 is 0 Å². The molecule has 1 saturated heterocycles. The topological polar surface area (TPSA) is 63.5 Å². The Morgan fingerprint density at radius 2 is 2.16 bits per heavy atom. The van der Waals surface area contributed by atoms with E-state index in [9.17, 15) is 0 Å². The fraction of sp³-hybridized carbons (Fsp3) is 0.500. The van der Waals surface area contributed by atoms with Gasteiger partial charge in [0.15, 0.2) is 6.61 Å². The number of nitriles is 1. The van der Waals surface area contributed by atoms with Crippen molar-refractivity contribution < 1.29 is 14.2 Å². The lowest BCUT2D eigenvalue weighted by Gasteiger charge is -2.23. The van der Waals surface area contributed by atoms with Crippen LogP contribution in [0.25, 0.3) is 0 Å². The molecule has 1 aromatic rings. The molecule has 1 aliphatic heterocycles. The third-order valence-electron chi connectivity index (χ3n) is 2.81. The van der Waals surface area contributed by atoms with Gasteiger partial charge in [-0.2, -0.15) is 5.26 Å². The van der Waals surface area contributed by atoms with Gasteiger partial charge in [-0.1, -0.05) is 12.1 Å². The first-order chi connectivity index (χ1) is 9.38. The van der Waals surface area contributed by atoms with Crippen molar-refractivity contribution in [1.82, 2.24) is 5.32 Å². The number of rotatable bonds is 6. The van der Waals surface area contributed by atoms with Crippen molar-refractivity contribution in [1.29, 1.82) is 5.26 Å². The summed E-state index contributed by atoms with van der Waals surface area (Å²) in [6.45, 7) is 3.67. The van der Waals surface area contributed by atoms with Gasteiger partial charge < -0.3 is 19.5 Å². The Morgan fingerprint density at radius 3 is 2.84 bits per heavy atom. The fourth-order valence-electron chi connectivity index (χ4n) is 1.85. The van der Waals surface area contributed by atoms with Crippen LogP contribution in [0.1, 0.15) is 5.56 Å². The molecule has 0 amide bonds. The summed E-state index contributed by atoms with van der Waals surface area (Å²) in [7, 11) is 0. The van der Waals surface area contributed by atoms with E-state index in [-0.39, 0.29) is 12.7 Å². The van der Waals surface area contributed by atoms with Crippen molar-refractivity contribution in [2.24, 2.45) is 0 Å². The highest BCUT2D eigenvalue weighted by atomic mass is 16.6. The zero-order chi connectivity index (χ0) is 13.3. The highest BCUT2D eigenvalue weighted by molar-refractivity contribution is 5.27. The van der Waals surface area contributed by atoms with Gasteiger partial charge in [-0.05, 0) is 17.7 Å². The number of nitrogens with zero attached hydrogens (tertiary/aromatic N) is 1. The van der Waals surface area contributed by atoms with Crippen LogP contribution < -0.4 is 10.1 Å². The van der Waals surface area contributed by atoms with Gasteiger partial charge in [0.2, 0.25) is 0 Å². The molecule has 2 rings (SSSR count). The van der Waals surface area contributed by atoms with E-state index in [1.807, 2.05) is 30.3 Å². The molecule has 0 aromatic heterocycles. The summed E-state index contributed by atoms with van der Waals surface area (Å²) in [6.07, 6.45) is 0.145. The minimum atomic E-state index is 0.0800. The number of nitrogens with one attached hydrogen (secondary N) is 1. The Kier molecular flexibility index (Phi) is 5.63. The monoisotopic (exact) mass is 262 g/mol. The second kappa shape index (κ2) is 7.74. The van der Waals surface area contributed by atoms with E-state index in [0.717, 1.165) is 13.1 Å². The van der Waals surface area contributed by atoms with Crippen molar-refractivity contribution in [3.05, 3.63) is 29.8 Å². The predicted molar refractivity (Wildman–Crippen MR) is 69.8 cm³/mol. The Morgan fingerprint density at radius 1 is 1.32 bits per heavy atom. The molecule has 0 bridgehead atoms. The summed E-state index contributed by atoms with van der Waals surface area (Å²) in [5, 5.41) is 11.8.